The molecule has 0 atom stereocenters. The number of amides is 2. The normalized spacial score (nSPS) is 10.6. The molecule has 2 aromatic carbocycles. The largest absolute Gasteiger partial charge is 0.496 e. The van der Waals surface area contributed by atoms with Gasteiger partial charge in [-0.05, 0) is 61.0 Å². The van der Waals surface area contributed by atoms with Crippen LogP contribution in [0.15, 0.2) is 54.6 Å². The summed E-state index contributed by atoms with van der Waals surface area (Å²) in [4.78, 5) is 24.2. The fraction of sp³-hybridized carbons (Fsp3) is 0.261. The Hall–Kier alpha value is -3.39. The molecule has 0 unspecified atom stereocenters. The maximum absolute atomic E-state index is 12.2. The number of carbonyl (C=O) groups is 2. The smallest absolute Gasteiger partial charge is 0.269 e. The molecule has 0 saturated heterocycles. The summed E-state index contributed by atoms with van der Waals surface area (Å²) in [5.74, 6) is 1.08. The van der Waals surface area contributed by atoms with Gasteiger partial charge < -0.3 is 9.47 Å². The lowest BCUT2D eigenvalue weighted by Crippen LogP contribution is -2.48. The van der Waals surface area contributed by atoms with Crippen LogP contribution in [-0.2, 0) is 4.79 Å². The Morgan fingerprint density at radius 3 is 2.45 bits per heavy atom. The fourth-order valence-corrected chi connectivity index (χ4v) is 2.61. The molecule has 0 aliphatic heterocycles. The molecule has 0 heterocycles. The number of hydrogen-bond acceptors (Lipinski definition) is 5. The molecule has 0 aliphatic rings. The summed E-state index contributed by atoms with van der Waals surface area (Å²) >= 11 is 5.03. The molecular weight excluding hydrogens is 414 g/mol. The standard InChI is InChI=1S/C23H27N3O4S/c1-16(2)14-15-30-19-11-8-18(9-12-19)22(28)25-26-23(31)24-21(27)13-10-17-6-4-5-7-20(17)29-3/h4-13,16H,14-15H2,1-3H3,(H,25,28)(H2,24,26,27,31)/b13-10+. The molecule has 3 N–H and O–H groups in total. The number of thiocarbonyl (C=S) groups is 1. The molecule has 0 radical (unpaired) electrons. The van der Waals surface area contributed by atoms with Crippen molar-refractivity contribution in [3.63, 3.8) is 0 Å². The Morgan fingerprint density at radius 1 is 1.06 bits per heavy atom. The maximum Gasteiger partial charge on any atom is 0.269 e. The molecule has 8 heteroatoms. The number of hydrogen-bond donors (Lipinski definition) is 3. The Morgan fingerprint density at radius 2 is 1.77 bits per heavy atom. The van der Waals surface area contributed by atoms with E-state index in [1.807, 2.05) is 18.2 Å². The van der Waals surface area contributed by atoms with Crippen LogP contribution >= 0.6 is 12.2 Å². The molecular formula is C23H27N3O4S. The Balaban J connectivity index is 1.78. The average molecular weight is 442 g/mol. The lowest BCUT2D eigenvalue weighted by atomic mass is 10.1. The highest BCUT2D eigenvalue weighted by Crippen LogP contribution is 2.18. The highest BCUT2D eigenvalue weighted by atomic mass is 32.1. The fourth-order valence-electron chi connectivity index (χ4n) is 2.46. The minimum atomic E-state index is -0.444. The van der Waals surface area contributed by atoms with E-state index in [4.69, 9.17) is 21.7 Å². The number of methoxy groups -OCH3 is 1. The van der Waals surface area contributed by atoms with Crippen molar-refractivity contribution in [3.8, 4) is 11.5 Å². The van der Waals surface area contributed by atoms with Gasteiger partial charge in [-0.15, -0.1) is 0 Å². The first-order valence-corrected chi connectivity index (χ1v) is 10.2. The zero-order chi connectivity index (χ0) is 22.6. The number of ether oxygens (including phenoxy) is 2. The van der Waals surface area contributed by atoms with E-state index in [0.29, 0.717) is 29.6 Å². The molecule has 0 saturated carbocycles. The minimum absolute atomic E-state index is 0.0309. The maximum atomic E-state index is 12.2. The van der Waals surface area contributed by atoms with Crippen LogP contribution in [-0.4, -0.2) is 30.6 Å². The lowest BCUT2D eigenvalue weighted by molar-refractivity contribution is -0.115. The van der Waals surface area contributed by atoms with E-state index in [1.165, 1.54) is 6.08 Å². The van der Waals surface area contributed by atoms with Gasteiger partial charge in [-0.1, -0.05) is 32.0 Å². The number of rotatable bonds is 8. The summed E-state index contributed by atoms with van der Waals surface area (Å²) in [6, 6.07) is 14.1. The summed E-state index contributed by atoms with van der Waals surface area (Å²) in [7, 11) is 1.56. The van der Waals surface area contributed by atoms with Crippen LogP contribution in [0.25, 0.3) is 6.08 Å². The third kappa shape index (κ3) is 8.47. The Kier molecular flexibility index (Phi) is 9.51. The summed E-state index contributed by atoms with van der Waals surface area (Å²) in [5, 5.41) is 2.42. The van der Waals surface area contributed by atoms with Crippen molar-refractivity contribution >= 4 is 35.2 Å². The quantitative estimate of drug-likeness (QED) is 0.330. The lowest BCUT2D eigenvalue weighted by Gasteiger charge is -2.11. The van der Waals surface area contributed by atoms with E-state index >= 15 is 0 Å². The van der Waals surface area contributed by atoms with Gasteiger partial charge in [0.2, 0.25) is 5.91 Å². The summed E-state index contributed by atoms with van der Waals surface area (Å²) < 4.78 is 10.9. The molecule has 164 valence electrons. The second-order valence-electron chi connectivity index (χ2n) is 7.03. The van der Waals surface area contributed by atoms with Gasteiger partial charge in [0, 0.05) is 17.2 Å². The van der Waals surface area contributed by atoms with Crippen LogP contribution in [0.5, 0.6) is 11.5 Å². The zero-order valence-corrected chi connectivity index (χ0v) is 18.6. The van der Waals surface area contributed by atoms with Crippen LogP contribution in [0.3, 0.4) is 0 Å². The van der Waals surface area contributed by atoms with Crippen LogP contribution in [0, 0.1) is 5.92 Å². The third-order valence-corrected chi connectivity index (χ3v) is 4.36. The molecule has 0 aromatic heterocycles. The molecule has 0 bridgehead atoms. The number of para-hydroxylation sites is 1. The summed E-state index contributed by atoms with van der Waals surface area (Å²) in [6.07, 6.45) is 3.90. The van der Waals surface area contributed by atoms with Crippen LogP contribution in [0.1, 0.15) is 36.2 Å². The van der Waals surface area contributed by atoms with Gasteiger partial charge in [0.1, 0.15) is 11.5 Å². The van der Waals surface area contributed by atoms with Gasteiger partial charge in [0.25, 0.3) is 5.91 Å². The highest BCUT2D eigenvalue weighted by Gasteiger charge is 2.08. The second-order valence-corrected chi connectivity index (χ2v) is 7.44. The van der Waals surface area contributed by atoms with E-state index in [1.54, 1.807) is 43.5 Å². The molecule has 0 fully saturated rings. The Bertz CT molecular complexity index is 927. The van der Waals surface area contributed by atoms with Crippen molar-refractivity contribution in [1.82, 2.24) is 16.2 Å². The number of carbonyl (C=O) groups excluding carboxylic acids is 2. The van der Waals surface area contributed by atoms with Crippen molar-refractivity contribution in [2.75, 3.05) is 13.7 Å². The second kappa shape index (κ2) is 12.3. The summed E-state index contributed by atoms with van der Waals surface area (Å²) in [6.45, 7) is 4.89. The van der Waals surface area contributed by atoms with Crippen molar-refractivity contribution in [3.05, 3.63) is 65.7 Å². The van der Waals surface area contributed by atoms with Crippen LogP contribution < -0.4 is 25.6 Å². The molecule has 0 aliphatic carbocycles. The SMILES string of the molecule is COc1ccccc1/C=C/C(=O)NC(=S)NNC(=O)c1ccc(OCCC(C)C)cc1. The minimum Gasteiger partial charge on any atom is -0.496 e. The molecule has 2 amide bonds. The number of benzene rings is 2. The topological polar surface area (TPSA) is 88.7 Å². The first-order valence-electron chi connectivity index (χ1n) is 9.84. The first-order chi connectivity index (χ1) is 14.9. The van der Waals surface area contributed by atoms with Gasteiger partial charge in [0.15, 0.2) is 5.11 Å². The molecule has 2 aromatic rings. The number of nitrogens with one attached hydrogen (secondary N) is 3. The molecule has 0 spiro atoms. The van der Waals surface area contributed by atoms with E-state index in [9.17, 15) is 9.59 Å². The van der Waals surface area contributed by atoms with Crippen molar-refractivity contribution in [1.29, 1.82) is 0 Å². The van der Waals surface area contributed by atoms with Gasteiger partial charge in [-0.2, -0.15) is 0 Å². The Labute approximate surface area is 187 Å². The van der Waals surface area contributed by atoms with E-state index < -0.39 is 11.8 Å². The van der Waals surface area contributed by atoms with Gasteiger partial charge >= 0.3 is 0 Å². The van der Waals surface area contributed by atoms with Gasteiger partial charge in [0.05, 0.1) is 13.7 Å². The third-order valence-electron chi connectivity index (χ3n) is 4.16. The van der Waals surface area contributed by atoms with Crippen LogP contribution in [0.4, 0.5) is 0 Å². The van der Waals surface area contributed by atoms with Gasteiger partial charge in [-0.3, -0.25) is 25.8 Å². The molecule has 31 heavy (non-hydrogen) atoms. The predicted molar refractivity (Wildman–Crippen MR) is 125 cm³/mol. The molecule has 2 rings (SSSR count). The van der Waals surface area contributed by atoms with Crippen molar-refractivity contribution < 1.29 is 19.1 Å². The highest BCUT2D eigenvalue weighted by molar-refractivity contribution is 7.80. The predicted octanol–water partition coefficient (Wildman–Crippen LogP) is 3.47. The van der Waals surface area contributed by atoms with E-state index in [2.05, 4.69) is 30.0 Å². The number of hydrazine groups is 1. The van der Waals surface area contributed by atoms with E-state index in [-0.39, 0.29) is 5.11 Å². The van der Waals surface area contributed by atoms with E-state index in [0.717, 1.165) is 12.0 Å². The average Bonchev–Trinajstić information content (AvgIpc) is 2.76. The zero-order valence-electron chi connectivity index (χ0n) is 17.8. The van der Waals surface area contributed by atoms with Crippen LogP contribution in [0.2, 0.25) is 0 Å². The monoisotopic (exact) mass is 441 g/mol. The van der Waals surface area contributed by atoms with Crippen molar-refractivity contribution in [2.45, 2.75) is 20.3 Å². The summed E-state index contributed by atoms with van der Waals surface area (Å²) in [5.41, 5.74) is 6.13. The first kappa shape index (κ1) is 23.9. The van der Waals surface area contributed by atoms with Gasteiger partial charge in [-0.25, -0.2) is 0 Å². The molecule has 7 nitrogen and oxygen atoms in total. The van der Waals surface area contributed by atoms with Crippen molar-refractivity contribution in [2.24, 2.45) is 5.92 Å².